The molecule has 0 saturated carbocycles. The molecule has 0 aromatic rings. The van der Waals surface area contributed by atoms with Gasteiger partial charge in [0.1, 0.15) is 0 Å². The van der Waals surface area contributed by atoms with Gasteiger partial charge in [-0.05, 0) is 19.1 Å². The largest absolute Gasteiger partial charge is 0.344 e. The molecule has 1 N–H and O–H groups in total. The summed E-state index contributed by atoms with van der Waals surface area (Å²) in [5.41, 5.74) is 0. The predicted octanol–water partition coefficient (Wildman–Crippen LogP) is 2.61. The standard InChI is InChI=1S/C7H11F2O2P/c1-7(9)3-6-12(10,11)5-2-4-8/h2-4H,5-6H2,1H3,(H,10,11). The van der Waals surface area contributed by atoms with Gasteiger partial charge in [-0.3, -0.25) is 4.57 Å². The maximum Gasteiger partial charge on any atom is 0.208 e. The number of hydrogen-bond donors (Lipinski definition) is 1. The maximum atomic E-state index is 12.1. The Morgan fingerprint density at radius 3 is 2.58 bits per heavy atom. The highest BCUT2D eigenvalue weighted by Gasteiger charge is 2.13. The zero-order chi connectivity index (χ0) is 9.61. The average Bonchev–Trinajstić information content (AvgIpc) is 1.98. The van der Waals surface area contributed by atoms with Crippen molar-refractivity contribution in [1.82, 2.24) is 0 Å². The SMILES string of the molecule is CC(F)=CCP(=O)(O)CC=CF. The van der Waals surface area contributed by atoms with Crippen LogP contribution in [0.5, 0.6) is 0 Å². The molecule has 0 rings (SSSR count). The summed E-state index contributed by atoms with van der Waals surface area (Å²) in [5.74, 6) is -0.506. The van der Waals surface area contributed by atoms with Gasteiger partial charge in [0.05, 0.1) is 12.2 Å². The normalized spacial score (nSPS) is 18.2. The minimum absolute atomic E-state index is 0.203. The molecule has 1 unspecified atom stereocenters. The summed E-state index contributed by atoms with van der Waals surface area (Å²) in [5, 5.41) is 0. The van der Waals surface area contributed by atoms with Gasteiger partial charge in [0, 0.05) is 12.3 Å². The van der Waals surface area contributed by atoms with Crippen molar-refractivity contribution in [1.29, 1.82) is 0 Å². The molecule has 0 aliphatic rings. The van der Waals surface area contributed by atoms with Crippen LogP contribution in [0.2, 0.25) is 0 Å². The van der Waals surface area contributed by atoms with E-state index in [0.717, 1.165) is 12.2 Å². The summed E-state index contributed by atoms with van der Waals surface area (Å²) in [4.78, 5) is 9.02. The lowest BCUT2D eigenvalue weighted by Crippen LogP contribution is -1.89. The van der Waals surface area contributed by atoms with E-state index >= 15 is 0 Å². The zero-order valence-electron chi connectivity index (χ0n) is 6.70. The third kappa shape index (κ3) is 6.25. The molecule has 70 valence electrons. The van der Waals surface area contributed by atoms with E-state index in [4.69, 9.17) is 4.89 Å². The molecule has 1 atom stereocenters. The summed E-state index contributed by atoms with van der Waals surface area (Å²) in [7, 11) is -3.41. The molecule has 0 saturated heterocycles. The van der Waals surface area contributed by atoms with Gasteiger partial charge in [0.25, 0.3) is 0 Å². The lowest BCUT2D eigenvalue weighted by molar-refractivity contribution is 0.483. The van der Waals surface area contributed by atoms with Gasteiger partial charge in [0.2, 0.25) is 7.37 Å². The highest BCUT2D eigenvalue weighted by molar-refractivity contribution is 7.58. The van der Waals surface area contributed by atoms with Crippen LogP contribution in [-0.4, -0.2) is 17.2 Å². The Labute approximate surface area is 70.1 Å². The second kappa shape index (κ2) is 5.22. The number of halogens is 2. The Bertz CT molecular complexity index is 232. The summed E-state index contributed by atoms with van der Waals surface area (Å²) < 4.78 is 34.5. The Kier molecular flexibility index (Phi) is 5.02. The average molecular weight is 196 g/mol. The fraction of sp³-hybridized carbons (Fsp3) is 0.429. The van der Waals surface area contributed by atoms with Crippen LogP contribution in [-0.2, 0) is 4.57 Å². The minimum Gasteiger partial charge on any atom is -0.344 e. The molecule has 0 radical (unpaired) electrons. The Morgan fingerprint density at radius 1 is 1.58 bits per heavy atom. The number of allylic oxidation sites excluding steroid dienone is 3. The molecule has 0 aromatic carbocycles. The summed E-state index contributed by atoms with van der Waals surface area (Å²) in [6, 6.07) is 0. The first-order valence-corrected chi connectivity index (χ1v) is 5.39. The van der Waals surface area contributed by atoms with Gasteiger partial charge in [-0.25, -0.2) is 8.78 Å². The van der Waals surface area contributed by atoms with E-state index in [0.29, 0.717) is 0 Å². The van der Waals surface area contributed by atoms with E-state index in [1.54, 1.807) is 0 Å². The Balaban J connectivity index is 4.05. The van der Waals surface area contributed by atoms with Crippen LogP contribution in [0.25, 0.3) is 0 Å². The van der Waals surface area contributed by atoms with Gasteiger partial charge in [-0.15, -0.1) is 0 Å². The quantitative estimate of drug-likeness (QED) is 0.701. The van der Waals surface area contributed by atoms with Crippen LogP contribution in [0.4, 0.5) is 8.78 Å². The van der Waals surface area contributed by atoms with Gasteiger partial charge >= 0.3 is 0 Å². The minimum atomic E-state index is -3.41. The highest BCUT2D eigenvalue weighted by Crippen LogP contribution is 2.40. The fourth-order valence-electron chi connectivity index (χ4n) is 0.548. The van der Waals surface area contributed by atoms with Crippen LogP contribution >= 0.6 is 7.37 Å². The third-order valence-electron chi connectivity index (χ3n) is 1.14. The van der Waals surface area contributed by atoms with Crippen molar-refractivity contribution in [2.24, 2.45) is 0 Å². The number of rotatable bonds is 4. The van der Waals surface area contributed by atoms with Crippen LogP contribution in [0.1, 0.15) is 6.92 Å². The molecule has 0 fully saturated rings. The molecular weight excluding hydrogens is 185 g/mol. The monoisotopic (exact) mass is 196 g/mol. The third-order valence-corrected chi connectivity index (χ3v) is 2.67. The molecule has 2 nitrogen and oxygen atoms in total. The summed E-state index contributed by atoms with van der Waals surface area (Å²) in [6.07, 6.45) is 1.66. The lowest BCUT2D eigenvalue weighted by Gasteiger charge is -2.04. The van der Waals surface area contributed by atoms with Crippen molar-refractivity contribution in [2.45, 2.75) is 6.92 Å². The van der Waals surface area contributed by atoms with Crippen molar-refractivity contribution in [3.05, 3.63) is 24.3 Å². The number of hydrogen-bond acceptors (Lipinski definition) is 1. The Hall–Kier alpha value is -0.470. The molecule has 0 bridgehead atoms. The van der Waals surface area contributed by atoms with E-state index in [1.807, 2.05) is 0 Å². The second-order valence-electron chi connectivity index (χ2n) is 2.36. The van der Waals surface area contributed by atoms with Crippen molar-refractivity contribution in [3.8, 4) is 0 Å². The van der Waals surface area contributed by atoms with Gasteiger partial charge in [0.15, 0.2) is 0 Å². The maximum absolute atomic E-state index is 12.1. The van der Waals surface area contributed by atoms with E-state index in [1.165, 1.54) is 6.92 Å². The molecule has 0 amide bonds. The summed E-state index contributed by atoms with van der Waals surface area (Å²) in [6.45, 7) is 1.19. The molecule has 0 aliphatic carbocycles. The van der Waals surface area contributed by atoms with Crippen molar-refractivity contribution < 1.29 is 18.2 Å². The molecule has 0 heterocycles. The van der Waals surface area contributed by atoms with Crippen LogP contribution in [0.3, 0.4) is 0 Å². The van der Waals surface area contributed by atoms with Gasteiger partial charge in [-0.1, -0.05) is 0 Å². The lowest BCUT2D eigenvalue weighted by atomic mass is 10.5. The van der Waals surface area contributed by atoms with Gasteiger partial charge in [-0.2, -0.15) is 0 Å². The molecular formula is C7H11F2O2P. The van der Waals surface area contributed by atoms with Crippen LogP contribution in [0, 0.1) is 0 Å². The first kappa shape index (κ1) is 11.5. The van der Waals surface area contributed by atoms with Crippen LogP contribution in [0.15, 0.2) is 24.3 Å². The second-order valence-corrected chi connectivity index (χ2v) is 4.79. The first-order valence-electron chi connectivity index (χ1n) is 3.36. The smallest absolute Gasteiger partial charge is 0.208 e. The molecule has 5 heteroatoms. The topological polar surface area (TPSA) is 37.3 Å². The van der Waals surface area contributed by atoms with E-state index in [-0.39, 0.29) is 18.7 Å². The molecule has 0 aromatic heterocycles. The van der Waals surface area contributed by atoms with Crippen LogP contribution < -0.4 is 0 Å². The van der Waals surface area contributed by atoms with E-state index in [2.05, 4.69) is 0 Å². The predicted molar refractivity (Wildman–Crippen MR) is 44.7 cm³/mol. The van der Waals surface area contributed by atoms with Gasteiger partial charge < -0.3 is 4.89 Å². The molecule has 12 heavy (non-hydrogen) atoms. The zero-order valence-corrected chi connectivity index (χ0v) is 7.60. The molecule has 0 aliphatic heterocycles. The summed E-state index contributed by atoms with van der Waals surface area (Å²) >= 11 is 0. The Morgan fingerprint density at radius 2 is 2.17 bits per heavy atom. The van der Waals surface area contributed by atoms with Crippen molar-refractivity contribution >= 4 is 7.37 Å². The first-order chi connectivity index (χ1) is 5.48. The van der Waals surface area contributed by atoms with E-state index < -0.39 is 13.2 Å². The fourth-order valence-corrected chi connectivity index (χ4v) is 1.64. The molecule has 0 spiro atoms. The highest BCUT2D eigenvalue weighted by atomic mass is 31.2. The van der Waals surface area contributed by atoms with Crippen molar-refractivity contribution in [3.63, 3.8) is 0 Å². The van der Waals surface area contributed by atoms with E-state index in [9.17, 15) is 13.3 Å². The van der Waals surface area contributed by atoms with Crippen molar-refractivity contribution in [2.75, 3.05) is 12.3 Å².